The number of hydrogen-bond donors (Lipinski definition) is 0. The lowest BCUT2D eigenvalue weighted by Crippen LogP contribution is -2.12. The van der Waals surface area contributed by atoms with E-state index >= 15 is 0 Å². The molecule has 0 N–H and O–H groups in total. The average molecular weight is 280 g/mol. The second-order valence-corrected chi connectivity index (χ2v) is 4.19. The molecule has 0 unspecified atom stereocenters. The smallest absolute Gasteiger partial charge is 0.310 e. The molecule has 0 saturated heterocycles. The highest BCUT2D eigenvalue weighted by molar-refractivity contribution is 6.27. The zero-order valence-corrected chi connectivity index (χ0v) is 11.4. The molecule has 4 nitrogen and oxygen atoms in total. The highest BCUT2D eigenvalue weighted by Gasteiger charge is 2.12. The Labute approximate surface area is 116 Å². The van der Waals surface area contributed by atoms with Crippen molar-refractivity contribution in [1.82, 2.24) is 0 Å². The molecular formula is C14H14ClNO3. The molecule has 0 aromatic heterocycles. The molecule has 1 rings (SSSR count). The standard InChI is InChI=1S/C14H14ClNO3/c1-2-19-14(18)7-12-5-10(9-16)3-4-11(12)6-13(17)8-15/h3-5H,2,6-8H2,1H3. The van der Waals surface area contributed by atoms with Gasteiger partial charge in [0.15, 0.2) is 5.78 Å². The van der Waals surface area contributed by atoms with Gasteiger partial charge in [-0.1, -0.05) is 6.07 Å². The van der Waals surface area contributed by atoms with E-state index in [1.54, 1.807) is 25.1 Å². The Kier molecular flexibility index (Phi) is 6.04. The fraction of sp³-hybridized carbons (Fsp3) is 0.357. The molecular weight excluding hydrogens is 266 g/mol. The van der Waals surface area contributed by atoms with Gasteiger partial charge in [-0.3, -0.25) is 9.59 Å². The predicted octanol–water partition coefficient (Wildman–Crippen LogP) is 2.01. The van der Waals surface area contributed by atoms with Crippen LogP contribution in [0.3, 0.4) is 0 Å². The molecule has 1 aromatic rings. The second-order valence-electron chi connectivity index (χ2n) is 3.93. The zero-order valence-electron chi connectivity index (χ0n) is 10.6. The van der Waals surface area contributed by atoms with Crippen molar-refractivity contribution in [2.75, 3.05) is 12.5 Å². The largest absolute Gasteiger partial charge is 0.466 e. The van der Waals surface area contributed by atoms with Gasteiger partial charge in [0.2, 0.25) is 0 Å². The number of halogens is 1. The summed E-state index contributed by atoms with van der Waals surface area (Å²) < 4.78 is 4.87. The number of carbonyl (C=O) groups excluding carboxylic acids is 2. The van der Waals surface area contributed by atoms with Gasteiger partial charge in [-0.25, -0.2) is 0 Å². The van der Waals surface area contributed by atoms with Crippen LogP contribution in [0, 0.1) is 11.3 Å². The SMILES string of the molecule is CCOC(=O)Cc1cc(C#N)ccc1CC(=O)CCl. The van der Waals surface area contributed by atoms with E-state index in [0.717, 1.165) is 0 Å². The summed E-state index contributed by atoms with van der Waals surface area (Å²) in [6, 6.07) is 6.90. The minimum absolute atomic E-state index is 0.0499. The van der Waals surface area contributed by atoms with Crippen LogP contribution in [0.1, 0.15) is 23.6 Å². The van der Waals surface area contributed by atoms with Gasteiger partial charge in [0, 0.05) is 6.42 Å². The average Bonchev–Trinajstić information content (AvgIpc) is 2.40. The Bertz CT molecular complexity index is 520. The number of ether oxygens (including phenoxy) is 1. The Morgan fingerprint density at radius 1 is 1.32 bits per heavy atom. The van der Waals surface area contributed by atoms with Crippen molar-refractivity contribution in [3.63, 3.8) is 0 Å². The summed E-state index contributed by atoms with van der Waals surface area (Å²) in [5.41, 5.74) is 1.79. The minimum atomic E-state index is -0.378. The van der Waals surface area contributed by atoms with E-state index in [2.05, 4.69) is 0 Å². The number of rotatable bonds is 6. The summed E-state index contributed by atoms with van der Waals surface area (Å²) in [6.07, 6.45) is 0.207. The van der Waals surface area contributed by atoms with Crippen LogP contribution in [0.5, 0.6) is 0 Å². The van der Waals surface area contributed by atoms with Gasteiger partial charge >= 0.3 is 5.97 Å². The summed E-state index contributed by atoms with van der Waals surface area (Å²) in [5.74, 6) is -0.576. The van der Waals surface area contributed by atoms with E-state index < -0.39 is 0 Å². The quantitative estimate of drug-likeness (QED) is 0.590. The number of hydrogen-bond acceptors (Lipinski definition) is 4. The lowest BCUT2D eigenvalue weighted by atomic mass is 9.98. The molecule has 0 heterocycles. The summed E-state index contributed by atoms with van der Waals surface area (Å²) in [7, 11) is 0. The summed E-state index contributed by atoms with van der Waals surface area (Å²) >= 11 is 5.47. The molecule has 0 amide bonds. The first-order valence-corrected chi connectivity index (χ1v) is 6.39. The van der Waals surface area contributed by atoms with E-state index in [4.69, 9.17) is 21.6 Å². The third-order valence-electron chi connectivity index (χ3n) is 2.51. The van der Waals surface area contributed by atoms with E-state index in [-0.39, 0.29) is 30.5 Å². The van der Waals surface area contributed by atoms with E-state index in [0.29, 0.717) is 23.3 Å². The van der Waals surface area contributed by atoms with Crippen LogP contribution in [0.25, 0.3) is 0 Å². The van der Waals surface area contributed by atoms with Gasteiger partial charge < -0.3 is 4.74 Å². The van der Waals surface area contributed by atoms with Crippen molar-refractivity contribution in [1.29, 1.82) is 5.26 Å². The molecule has 19 heavy (non-hydrogen) atoms. The number of benzene rings is 1. The van der Waals surface area contributed by atoms with Crippen molar-refractivity contribution in [3.8, 4) is 6.07 Å². The van der Waals surface area contributed by atoms with Crippen LogP contribution in [-0.4, -0.2) is 24.2 Å². The van der Waals surface area contributed by atoms with Crippen molar-refractivity contribution in [2.45, 2.75) is 19.8 Å². The first kappa shape index (κ1) is 15.2. The highest BCUT2D eigenvalue weighted by Crippen LogP contribution is 2.15. The van der Waals surface area contributed by atoms with Gasteiger partial charge in [0.05, 0.1) is 30.5 Å². The lowest BCUT2D eigenvalue weighted by molar-refractivity contribution is -0.142. The summed E-state index contributed by atoms with van der Waals surface area (Å²) in [5, 5.41) is 8.86. The highest BCUT2D eigenvalue weighted by atomic mass is 35.5. The Hall–Kier alpha value is -1.86. The molecule has 100 valence electrons. The van der Waals surface area contributed by atoms with E-state index in [1.807, 2.05) is 6.07 Å². The van der Waals surface area contributed by atoms with Crippen LogP contribution in [0.2, 0.25) is 0 Å². The monoisotopic (exact) mass is 279 g/mol. The van der Waals surface area contributed by atoms with Crippen LogP contribution in [0.4, 0.5) is 0 Å². The number of carbonyl (C=O) groups is 2. The zero-order chi connectivity index (χ0) is 14.3. The van der Waals surface area contributed by atoms with Crippen LogP contribution >= 0.6 is 11.6 Å². The summed E-state index contributed by atoms with van der Waals surface area (Å²) in [6.45, 7) is 2.02. The van der Waals surface area contributed by atoms with E-state index in [1.165, 1.54) is 0 Å². The normalized spacial score (nSPS) is 9.74. The van der Waals surface area contributed by atoms with Gasteiger partial charge in [-0.2, -0.15) is 5.26 Å². The molecule has 0 aliphatic carbocycles. The second kappa shape index (κ2) is 7.55. The van der Waals surface area contributed by atoms with Crippen molar-refractivity contribution >= 4 is 23.4 Å². The molecule has 0 aliphatic rings. The van der Waals surface area contributed by atoms with Gasteiger partial charge in [0.25, 0.3) is 0 Å². The molecule has 0 fully saturated rings. The molecule has 5 heteroatoms. The van der Waals surface area contributed by atoms with Crippen LogP contribution in [0.15, 0.2) is 18.2 Å². The first-order valence-electron chi connectivity index (χ1n) is 5.85. The van der Waals surface area contributed by atoms with E-state index in [9.17, 15) is 9.59 Å². The molecule has 0 spiro atoms. The fourth-order valence-corrected chi connectivity index (χ4v) is 1.75. The van der Waals surface area contributed by atoms with Crippen LogP contribution in [-0.2, 0) is 27.2 Å². The maximum Gasteiger partial charge on any atom is 0.310 e. The minimum Gasteiger partial charge on any atom is -0.466 e. The maximum absolute atomic E-state index is 11.5. The first-order chi connectivity index (χ1) is 9.10. The number of ketones is 1. The lowest BCUT2D eigenvalue weighted by Gasteiger charge is -2.08. The molecule has 0 bridgehead atoms. The van der Waals surface area contributed by atoms with Crippen molar-refractivity contribution in [2.24, 2.45) is 0 Å². The molecule has 0 saturated carbocycles. The third kappa shape index (κ3) is 4.72. The van der Waals surface area contributed by atoms with Crippen LogP contribution < -0.4 is 0 Å². The van der Waals surface area contributed by atoms with Crippen molar-refractivity contribution in [3.05, 3.63) is 34.9 Å². The molecule has 0 aliphatic heterocycles. The van der Waals surface area contributed by atoms with Gasteiger partial charge in [-0.15, -0.1) is 11.6 Å². The maximum atomic E-state index is 11.5. The number of alkyl halides is 1. The molecule has 0 atom stereocenters. The predicted molar refractivity (Wildman–Crippen MR) is 70.9 cm³/mol. The van der Waals surface area contributed by atoms with Crippen molar-refractivity contribution < 1.29 is 14.3 Å². The summed E-state index contributed by atoms with van der Waals surface area (Å²) in [4.78, 5) is 22.9. The number of nitrogens with zero attached hydrogens (tertiary/aromatic N) is 1. The Balaban J connectivity index is 2.99. The Morgan fingerprint density at radius 3 is 2.63 bits per heavy atom. The number of nitriles is 1. The Morgan fingerprint density at radius 2 is 2.05 bits per heavy atom. The van der Waals surface area contributed by atoms with Gasteiger partial charge in [-0.05, 0) is 30.2 Å². The van der Waals surface area contributed by atoms with Gasteiger partial charge in [0.1, 0.15) is 0 Å². The number of Topliss-reactive ketones (excluding diaryl/α,β-unsaturated/α-hetero) is 1. The molecule has 1 aromatic carbocycles. The number of esters is 1. The topological polar surface area (TPSA) is 67.2 Å². The molecule has 0 radical (unpaired) electrons. The fourth-order valence-electron chi connectivity index (χ4n) is 1.66. The third-order valence-corrected chi connectivity index (χ3v) is 2.81.